The van der Waals surface area contributed by atoms with Crippen molar-refractivity contribution in [2.24, 2.45) is 5.73 Å². The first kappa shape index (κ1) is 13.6. The second kappa shape index (κ2) is 6.30. The smallest absolute Gasteiger partial charge is 0.276 e. The van der Waals surface area contributed by atoms with Crippen LogP contribution in [0.5, 0.6) is 0 Å². The van der Waals surface area contributed by atoms with Gasteiger partial charge in [-0.1, -0.05) is 37.7 Å². The monoisotopic (exact) mass is 252 g/mol. The number of rotatable bonds is 4. The van der Waals surface area contributed by atoms with E-state index in [9.17, 15) is 9.59 Å². The molecule has 0 radical (unpaired) electrons. The minimum Gasteiger partial charge on any atom is -0.361 e. The molecule has 4 nitrogen and oxygen atoms in total. The van der Waals surface area contributed by atoms with Gasteiger partial charge in [0.2, 0.25) is 5.91 Å². The summed E-state index contributed by atoms with van der Waals surface area (Å²) >= 11 is 0.794. The van der Waals surface area contributed by atoms with Crippen molar-refractivity contribution in [2.75, 3.05) is 11.1 Å². The normalized spacial score (nSPS) is 10.3. The Kier molecular flexibility index (Phi) is 5.03. The van der Waals surface area contributed by atoms with Crippen LogP contribution >= 0.6 is 11.8 Å². The average molecular weight is 252 g/mol. The van der Waals surface area contributed by atoms with Crippen LogP contribution in [0.15, 0.2) is 24.3 Å². The van der Waals surface area contributed by atoms with Gasteiger partial charge in [0.1, 0.15) is 0 Å². The second-order valence-electron chi connectivity index (χ2n) is 3.93. The predicted octanol–water partition coefficient (Wildman–Crippen LogP) is 2.56. The standard InChI is InChI=1S/C12H16N2O2S/c1-8(2)9-3-5-10(6-4-9)14-11(15)7-17-12(13)16/h3-6,8H,7H2,1-2H3,(H2,13,16)(H,14,15). The molecule has 0 bridgehead atoms. The van der Waals surface area contributed by atoms with Gasteiger partial charge < -0.3 is 11.1 Å². The number of carbonyl (C=O) groups excluding carboxylic acids is 2. The zero-order chi connectivity index (χ0) is 12.8. The summed E-state index contributed by atoms with van der Waals surface area (Å²) in [6.45, 7) is 4.22. The summed E-state index contributed by atoms with van der Waals surface area (Å²) in [5, 5.41) is 2.15. The molecule has 5 heteroatoms. The summed E-state index contributed by atoms with van der Waals surface area (Å²) in [5.41, 5.74) is 6.87. The molecule has 0 aliphatic carbocycles. The van der Waals surface area contributed by atoms with Gasteiger partial charge in [-0.25, -0.2) is 0 Å². The first-order valence-corrected chi connectivity index (χ1v) is 6.29. The van der Waals surface area contributed by atoms with Crippen molar-refractivity contribution < 1.29 is 9.59 Å². The lowest BCUT2D eigenvalue weighted by atomic mass is 10.0. The lowest BCUT2D eigenvalue weighted by molar-refractivity contribution is -0.113. The minimum atomic E-state index is -0.546. The summed E-state index contributed by atoms with van der Waals surface area (Å²) < 4.78 is 0. The van der Waals surface area contributed by atoms with Crippen LogP contribution in [0.1, 0.15) is 25.3 Å². The summed E-state index contributed by atoms with van der Waals surface area (Å²) in [5.74, 6) is 0.276. The molecule has 1 aromatic carbocycles. The molecule has 0 fully saturated rings. The molecule has 0 aliphatic heterocycles. The van der Waals surface area contributed by atoms with Crippen LogP contribution in [-0.4, -0.2) is 16.9 Å². The molecule has 17 heavy (non-hydrogen) atoms. The second-order valence-corrected chi connectivity index (χ2v) is 4.91. The van der Waals surface area contributed by atoms with Crippen LogP contribution in [0.4, 0.5) is 10.5 Å². The van der Waals surface area contributed by atoms with Crippen LogP contribution in [-0.2, 0) is 4.79 Å². The van der Waals surface area contributed by atoms with Crippen LogP contribution in [0.2, 0.25) is 0 Å². The van der Waals surface area contributed by atoms with Crippen LogP contribution in [0, 0.1) is 0 Å². The van der Waals surface area contributed by atoms with Gasteiger partial charge in [-0.3, -0.25) is 9.59 Å². The van der Waals surface area contributed by atoms with Gasteiger partial charge in [-0.05, 0) is 23.6 Å². The number of benzene rings is 1. The number of primary amides is 1. The highest BCUT2D eigenvalue weighted by Crippen LogP contribution is 2.17. The lowest BCUT2D eigenvalue weighted by Crippen LogP contribution is -2.16. The van der Waals surface area contributed by atoms with Crippen molar-refractivity contribution in [3.63, 3.8) is 0 Å². The van der Waals surface area contributed by atoms with Gasteiger partial charge >= 0.3 is 0 Å². The average Bonchev–Trinajstić information content (AvgIpc) is 2.27. The number of nitrogens with one attached hydrogen (secondary N) is 1. The van der Waals surface area contributed by atoms with E-state index in [-0.39, 0.29) is 11.7 Å². The fraction of sp³-hybridized carbons (Fsp3) is 0.333. The van der Waals surface area contributed by atoms with E-state index in [0.717, 1.165) is 17.4 Å². The molecular weight excluding hydrogens is 236 g/mol. The third kappa shape index (κ3) is 4.91. The Morgan fingerprint density at radius 3 is 2.35 bits per heavy atom. The fourth-order valence-electron chi connectivity index (χ4n) is 1.29. The van der Waals surface area contributed by atoms with Gasteiger partial charge in [0.05, 0.1) is 5.75 Å². The van der Waals surface area contributed by atoms with Crippen molar-refractivity contribution in [1.82, 2.24) is 0 Å². The summed E-state index contributed by atoms with van der Waals surface area (Å²) in [7, 11) is 0. The lowest BCUT2D eigenvalue weighted by Gasteiger charge is -2.07. The maximum atomic E-state index is 11.4. The van der Waals surface area contributed by atoms with E-state index >= 15 is 0 Å². The Labute approximate surface area is 105 Å². The molecule has 0 aliphatic rings. The van der Waals surface area contributed by atoms with Crippen molar-refractivity contribution in [2.45, 2.75) is 19.8 Å². The molecule has 1 rings (SSSR count). The number of carbonyl (C=O) groups is 2. The highest BCUT2D eigenvalue weighted by atomic mass is 32.2. The summed E-state index contributed by atoms with van der Waals surface area (Å²) in [6.07, 6.45) is 0. The van der Waals surface area contributed by atoms with Crippen molar-refractivity contribution in [1.29, 1.82) is 0 Å². The molecule has 0 spiro atoms. The van der Waals surface area contributed by atoms with E-state index in [1.807, 2.05) is 24.3 Å². The van der Waals surface area contributed by atoms with E-state index < -0.39 is 5.24 Å². The fourth-order valence-corrected chi connectivity index (χ4v) is 1.63. The van der Waals surface area contributed by atoms with Crippen LogP contribution in [0.25, 0.3) is 0 Å². The maximum absolute atomic E-state index is 11.4. The number of hydrogen-bond donors (Lipinski definition) is 2. The molecular formula is C12H16N2O2S. The van der Waals surface area contributed by atoms with E-state index in [1.54, 1.807) is 0 Å². The van der Waals surface area contributed by atoms with Crippen LogP contribution < -0.4 is 11.1 Å². The van der Waals surface area contributed by atoms with E-state index in [4.69, 9.17) is 5.73 Å². The maximum Gasteiger partial charge on any atom is 0.276 e. The number of nitrogens with two attached hydrogens (primary N) is 1. The molecule has 92 valence electrons. The van der Waals surface area contributed by atoms with E-state index in [0.29, 0.717) is 5.92 Å². The predicted molar refractivity (Wildman–Crippen MR) is 71.2 cm³/mol. The molecule has 0 saturated heterocycles. The Morgan fingerprint density at radius 2 is 1.88 bits per heavy atom. The zero-order valence-electron chi connectivity index (χ0n) is 9.90. The number of anilines is 1. The van der Waals surface area contributed by atoms with E-state index in [1.165, 1.54) is 5.56 Å². The SMILES string of the molecule is CC(C)c1ccc(NC(=O)CSC(N)=O)cc1. The summed E-state index contributed by atoms with van der Waals surface area (Å²) in [4.78, 5) is 21.9. The molecule has 3 N–H and O–H groups in total. The first-order valence-electron chi connectivity index (χ1n) is 5.31. The third-order valence-electron chi connectivity index (χ3n) is 2.21. The van der Waals surface area contributed by atoms with Crippen molar-refractivity contribution >= 4 is 28.6 Å². The highest BCUT2D eigenvalue weighted by Gasteiger charge is 2.05. The Balaban J connectivity index is 2.51. The Bertz CT molecular complexity index is 401. The van der Waals surface area contributed by atoms with Gasteiger partial charge in [-0.15, -0.1) is 0 Å². The van der Waals surface area contributed by atoms with E-state index in [2.05, 4.69) is 19.2 Å². The number of amides is 2. The van der Waals surface area contributed by atoms with Gasteiger partial charge in [0.25, 0.3) is 5.24 Å². The molecule has 0 unspecified atom stereocenters. The highest BCUT2D eigenvalue weighted by molar-refractivity contribution is 8.14. The first-order chi connectivity index (χ1) is 7.99. The quantitative estimate of drug-likeness (QED) is 0.865. The molecule has 0 saturated carbocycles. The molecule has 2 amide bonds. The molecule has 0 heterocycles. The van der Waals surface area contributed by atoms with Gasteiger partial charge in [-0.2, -0.15) is 0 Å². The third-order valence-corrected chi connectivity index (χ3v) is 2.90. The van der Waals surface area contributed by atoms with Crippen molar-refractivity contribution in [3.05, 3.63) is 29.8 Å². The molecule has 1 aromatic rings. The Hall–Kier alpha value is -1.49. The van der Waals surface area contributed by atoms with Crippen molar-refractivity contribution in [3.8, 4) is 0 Å². The topological polar surface area (TPSA) is 72.2 Å². The molecule has 0 atom stereocenters. The largest absolute Gasteiger partial charge is 0.361 e. The minimum absolute atomic E-state index is 0.0429. The molecule has 0 aromatic heterocycles. The van der Waals surface area contributed by atoms with Gasteiger partial charge in [0, 0.05) is 5.69 Å². The Morgan fingerprint density at radius 1 is 1.29 bits per heavy atom. The van der Waals surface area contributed by atoms with Gasteiger partial charge in [0.15, 0.2) is 0 Å². The zero-order valence-corrected chi connectivity index (χ0v) is 10.7. The summed E-state index contributed by atoms with van der Waals surface area (Å²) in [6, 6.07) is 7.65. The van der Waals surface area contributed by atoms with Crippen LogP contribution in [0.3, 0.4) is 0 Å². The number of hydrogen-bond acceptors (Lipinski definition) is 3. The number of thioether (sulfide) groups is 1.